The molecule has 0 aliphatic carbocycles. The van der Waals surface area contributed by atoms with Crippen molar-refractivity contribution >= 4 is 33.4 Å². The van der Waals surface area contributed by atoms with Crippen LogP contribution in [0.15, 0.2) is 41.4 Å². The lowest BCUT2D eigenvalue weighted by Gasteiger charge is -2.18. The molecular weight excluding hydrogens is 416 g/mol. The highest BCUT2D eigenvalue weighted by Gasteiger charge is 2.18. The van der Waals surface area contributed by atoms with Crippen LogP contribution in [0.1, 0.15) is 25.0 Å². The highest BCUT2D eigenvalue weighted by Crippen LogP contribution is 2.35. The van der Waals surface area contributed by atoms with Crippen LogP contribution in [-0.4, -0.2) is 36.3 Å². The number of fused-ring (bicyclic) bond motifs is 2. The van der Waals surface area contributed by atoms with E-state index in [0.717, 1.165) is 22.2 Å². The molecule has 0 saturated carbocycles. The summed E-state index contributed by atoms with van der Waals surface area (Å²) in [5.74, 6) is 0.604. The van der Waals surface area contributed by atoms with Gasteiger partial charge in [-0.25, -0.2) is 0 Å². The van der Waals surface area contributed by atoms with Gasteiger partial charge in [-0.3, -0.25) is 9.59 Å². The summed E-state index contributed by atoms with van der Waals surface area (Å²) in [5, 5.41) is 0. The summed E-state index contributed by atoms with van der Waals surface area (Å²) in [6.07, 6.45) is 1.14. The predicted molar refractivity (Wildman–Crippen MR) is 118 cm³/mol. The molecule has 0 spiro atoms. The van der Waals surface area contributed by atoms with Gasteiger partial charge in [0.25, 0.3) is 5.91 Å². The highest BCUT2D eigenvalue weighted by atomic mass is 32.1. The van der Waals surface area contributed by atoms with Gasteiger partial charge in [0.15, 0.2) is 16.3 Å². The molecule has 0 fully saturated rings. The predicted octanol–water partition coefficient (Wildman–Crippen LogP) is 3.27. The number of rotatable bonds is 6. The van der Waals surface area contributed by atoms with Crippen LogP contribution >= 0.6 is 11.3 Å². The summed E-state index contributed by atoms with van der Waals surface area (Å²) >= 11 is 1.33. The van der Waals surface area contributed by atoms with Crippen molar-refractivity contribution in [2.45, 2.75) is 33.2 Å². The highest BCUT2D eigenvalue weighted by molar-refractivity contribution is 7.16. The van der Waals surface area contributed by atoms with E-state index in [-0.39, 0.29) is 31.4 Å². The van der Waals surface area contributed by atoms with E-state index in [1.807, 2.05) is 36.4 Å². The zero-order chi connectivity index (χ0) is 21.8. The minimum atomic E-state index is -0.388. The van der Waals surface area contributed by atoms with Crippen molar-refractivity contribution < 1.29 is 23.8 Å². The van der Waals surface area contributed by atoms with Gasteiger partial charge < -0.3 is 18.8 Å². The van der Waals surface area contributed by atoms with Crippen LogP contribution in [0, 0.1) is 0 Å². The Hall–Kier alpha value is -3.13. The standard InChI is InChI=1S/C23H24N2O5S/c1-3-15-5-7-16(8-6-15)11-21(26)24-23-25(14-22(27)28-4-2)17-12-18-19(13-20(17)31-23)30-10-9-29-18/h5-8,12-13H,3-4,9-11,14H2,1-2H3. The van der Waals surface area contributed by atoms with E-state index in [1.165, 1.54) is 16.9 Å². The normalized spacial score (nSPS) is 13.4. The van der Waals surface area contributed by atoms with Crippen LogP contribution in [0.2, 0.25) is 0 Å². The van der Waals surface area contributed by atoms with Crippen molar-refractivity contribution in [1.82, 2.24) is 4.57 Å². The van der Waals surface area contributed by atoms with Gasteiger partial charge in [0.1, 0.15) is 19.8 Å². The quantitative estimate of drug-likeness (QED) is 0.550. The largest absolute Gasteiger partial charge is 0.486 e. The number of amides is 1. The Kier molecular flexibility index (Phi) is 6.36. The third-order valence-corrected chi connectivity index (χ3v) is 5.99. The molecule has 0 unspecified atom stereocenters. The molecule has 1 amide bonds. The van der Waals surface area contributed by atoms with Crippen LogP contribution in [0.5, 0.6) is 11.5 Å². The summed E-state index contributed by atoms with van der Waals surface area (Å²) in [6.45, 7) is 5.05. The lowest BCUT2D eigenvalue weighted by molar-refractivity contribution is -0.143. The molecular formula is C23H24N2O5S. The zero-order valence-corrected chi connectivity index (χ0v) is 18.4. The molecule has 3 aromatic rings. The molecule has 0 atom stereocenters. The number of benzene rings is 2. The van der Waals surface area contributed by atoms with Gasteiger partial charge in [-0.2, -0.15) is 4.99 Å². The lowest BCUT2D eigenvalue weighted by atomic mass is 10.1. The summed E-state index contributed by atoms with van der Waals surface area (Å²) in [7, 11) is 0. The van der Waals surface area contributed by atoms with E-state index in [1.54, 1.807) is 11.5 Å². The van der Waals surface area contributed by atoms with Gasteiger partial charge in [-0.1, -0.05) is 42.5 Å². The first-order chi connectivity index (χ1) is 15.1. The molecule has 0 radical (unpaired) electrons. The molecule has 162 valence electrons. The molecule has 2 heterocycles. The number of thiazole rings is 1. The summed E-state index contributed by atoms with van der Waals surface area (Å²) < 4.78 is 19.0. The molecule has 1 aliphatic heterocycles. The smallest absolute Gasteiger partial charge is 0.326 e. The van der Waals surface area contributed by atoms with Crippen LogP contribution in [0.4, 0.5) is 0 Å². The SMILES string of the molecule is CCOC(=O)Cn1c(=NC(=O)Cc2ccc(CC)cc2)sc2cc3c(cc21)OCCO3. The average Bonchev–Trinajstić information content (AvgIpc) is 3.08. The Morgan fingerprint density at radius 3 is 2.42 bits per heavy atom. The first kappa shape index (κ1) is 21.1. The second-order valence-electron chi connectivity index (χ2n) is 7.09. The van der Waals surface area contributed by atoms with E-state index in [4.69, 9.17) is 14.2 Å². The second-order valence-corrected chi connectivity index (χ2v) is 8.10. The van der Waals surface area contributed by atoms with Crippen molar-refractivity contribution in [3.63, 3.8) is 0 Å². The molecule has 4 rings (SSSR count). The van der Waals surface area contributed by atoms with Crippen molar-refractivity contribution in [3.05, 3.63) is 52.3 Å². The Bertz CT molecular complexity index is 1180. The Labute approximate surface area is 183 Å². The fourth-order valence-corrected chi connectivity index (χ4v) is 4.45. The number of nitrogens with zero attached hydrogens (tertiary/aromatic N) is 2. The number of aromatic nitrogens is 1. The summed E-state index contributed by atoms with van der Waals surface area (Å²) in [6, 6.07) is 11.6. The maximum absolute atomic E-state index is 12.7. The van der Waals surface area contributed by atoms with Crippen LogP contribution < -0.4 is 14.3 Å². The molecule has 8 heteroatoms. The fraction of sp³-hybridized carbons (Fsp3) is 0.348. The number of esters is 1. The van der Waals surface area contributed by atoms with E-state index in [2.05, 4.69) is 11.9 Å². The lowest BCUT2D eigenvalue weighted by Crippen LogP contribution is -2.23. The molecule has 0 N–H and O–H groups in total. The topological polar surface area (TPSA) is 79.1 Å². The van der Waals surface area contributed by atoms with E-state index >= 15 is 0 Å². The Morgan fingerprint density at radius 2 is 1.74 bits per heavy atom. The number of aryl methyl sites for hydroxylation is 1. The second kappa shape index (κ2) is 9.34. The first-order valence-corrected chi connectivity index (χ1v) is 11.1. The van der Waals surface area contributed by atoms with E-state index < -0.39 is 0 Å². The minimum Gasteiger partial charge on any atom is -0.486 e. The van der Waals surface area contributed by atoms with Gasteiger partial charge in [0, 0.05) is 12.1 Å². The van der Waals surface area contributed by atoms with Crippen LogP contribution in [0.25, 0.3) is 10.2 Å². The fourth-order valence-electron chi connectivity index (χ4n) is 3.39. The molecule has 2 aromatic carbocycles. The first-order valence-electron chi connectivity index (χ1n) is 10.3. The third kappa shape index (κ3) is 4.80. The average molecular weight is 441 g/mol. The zero-order valence-electron chi connectivity index (χ0n) is 17.6. The van der Waals surface area contributed by atoms with Gasteiger partial charge in [0.05, 0.1) is 23.2 Å². The number of ether oxygens (including phenoxy) is 3. The summed E-state index contributed by atoms with van der Waals surface area (Å²) in [4.78, 5) is 29.7. The van der Waals surface area contributed by atoms with E-state index in [0.29, 0.717) is 29.5 Å². The van der Waals surface area contributed by atoms with Crippen LogP contribution in [-0.2, 0) is 33.7 Å². The Morgan fingerprint density at radius 1 is 1.06 bits per heavy atom. The van der Waals surface area contributed by atoms with Crippen molar-refractivity contribution in [2.24, 2.45) is 4.99 Å². The van der Waals surface area contributed by atoms with Crippen LogP contribution in [0.3, 0.4) is 0 Å². The van der Waals surface area contributed by atoms with Crippen molar-refractivity contribution in [2.75, 3.05) is 19.8 Å². The molecule has 0 bridgehead atoms. The van der Waals surface area contributed by atoms with Gasteiger partial charge in [-0.15, -0.1) is 0 Å². The van der Waals surface area contributed by atoms with Gasteiger partial charge in [0.2, 0.25) is 0 Å². The third-order valence-electron chi connectivity index (χ3n) is 4.95. The Balaban J connectivity index is 1.71. The number of carbonyl (C=O) groups excluding carboxylic acids is 2. The number of hydrogen-bond donors (Lipinski definition) is 0. The van der Waals surface area contributed by atoms with Gasteiger partial charge >= 0.3 is 5.97 Å². The summed E-state index contributed by atoms with van der Waals surface area (Å²) in [5.41, 5.74) is 2.88. The maximum Gasteiger partial charge on any atom is 0.326 e. The monoisotopic (exact) mass is 440 g/mol. The molecule has 0 saturated heterocycles. The number of hydrogen-bond acceptors (Lipinski definition) is 6. The maximum atomic E-state index is 12.7. The molecule has 31 heavy (non-hydrogen) atoms. The van der Waals surface area contributed by atoms with E-state index in [9.17, 15) is 9.59 Å². The van der Waals surface area contributed by atoms with Crippen molar-refractivity contribution in [1.29, 1.82) is 0 Å². The minimum absolute atomic E-state index is 0.0369. The molecule has 1 aliphatic rings. The van der Waals surface area contributed by atoms with Gasteiger partial charge in [-0.05, 0) is 24.5 Å². The van der Waals surface area contributed by atoms with Crippen molar-refractivity contribution in [3.8, 4) is 11.5 Å². The molecule has 7 nitrogen and oxygen atoms in total. The number of carbonyl (C=O) groups is 2. The molecule has 1 aromatic heterocycles.